The fourth-order valence-corrected chi connectivity index (χ4v) is 3.37. The van der Waals surface area contributed by atoms with Gasteiger partial charge in [0.1, 0.15) is 5.60 Å². The molecule has 0 unspecified atom stereocenters. The molecule has 0 radical (unpaired) electrons. The summed E-state index contributed by atoms with van der Waals surface area (Å²) in [6.07, 6.45) is -1.40. The molecule has 5 nitrogen and oxygen atoms in total. The first-order valence-corrected chi connectivity index (χ1v) is 8.95. The quantitative estimate of drug-likeness (QED) is 0.637. The van der Waals surface area contributed by atoms with Crippen LogP contribution in [0.2, 0.25) is 0 Å². The third-order valence-electron chi connectivity index (χ3n) is 4.90. The molecule has 1 saturated carbocycles. The smallest absolute Gasteiger partial charge is 0.416 e. The minimum Gasteiger partial charge on any atom is -0.417 e. The number of benzene rings is 2. The van der Waals surface area contributed by atoms with Gasteiger partial charge in [0.2, 0.25) is 11.8 Å². The normalized spacial score (nSPS) is 16.3. The van der Waals surface area contributed by atoms with Gasteiger partial charge in [0.15, 0.2) is 0 Å². The van der Waals surface area contributed by atoms with Gasteiger partial charge in [-0.1, -0.05) is 12.1 Å². The first-order valence-electron chi connectivity index (χ1n) is 8.95. The van der Waals surface area contributed by atoms with E-state index in [0.29, 0.717) is 29.8 Å². The molecule has 146 valence electrons. The molecule has 0 aliphatic heterocycles. The van der Waals surface area contributed by atoms with E-state index in [9.17, 15) is 18.3 Å². The zero-order chi connectivity index (χ0) is 19.8. The Morgan fingerprint density at radius 3 is 2.32 bits per heavy atom. The number of rotatable bonds is 4. The Bertz CT molecular complexity index is 961. The van der Waals surface area contributed by atoms with Crippen LogP contribution in [0.4, 0.5) is 24.5 Å². The maximum atomic E-state index is 12.7. The van der Waals surface area contributed by atoms with Crippen molar-refractivity contribution in [3.05, 3.63) is 60.0 Å². The minimum absolute atomic E-state index is 0.198. The summed E-state index contributed by atoms with van der Waals surface area (Å²) in [4.78, 5) is 0. The molecule has 0 bridgehead atoms. The number of alkyl halides is 3. The second-order valence-electron chi connectivity index (χ2n) is 6.90. The van der Waals surface area contributed by atoms with E-state index in [-0.39, 0.29) is 11.8 Å². The molecule has 1 heterocycles. The van der Waals surface area contributed by atoms with Crippen molar-refractivity contribution in [2.45, 2.75) is 37.5 Å². The van der Waals surface area contributed by atoms with Gasteiger partial charge >= 0.3 is 6.18 Å². The standard InChI is InChI=1S/C20H18F3N3O2/c21-20(22,23)13-7-9-14(10-8-13)24-16-6-2-1-5-15(16)17-25-26-18(28-17)19(27)11-3-4-12-19/h1-2,5-10,24,27H,3-4,11-12H2. The Morgan fingerprint density at radius 1 is 0.964 bits per heavy atom. The van der Waals surface area contributed by atoms with Crippen LogP contribution in [0, 0.1) is 0 Å². The summed E-state index contributed by atoms with van der Waals surface area (Å²) in [6, 6.07) is 11.9. The van der Waals surface area contributed by atoms with E-state index in [4.69, 9.17) is 4.42 Å². The van der Waals surface area contributed by atoms with Crippen molar-refractivity contribution in [1.82, 2.24) is 10.2 Å². The maximum absolute atomic E-state index is 12.7. The van der Waals surface area contributed by atoms with E-state index in [1.54, 1.807) is 24.3 Å². The number of aliphatic hydroxyl groups is 1. The number of hydrogen-bond donors (Lipinski definition) is 2. The number of anilines is 2. The van der Waals surface area contributed by atoms with Gasteiger partial charge in [0, 0.05) is 5.69 Å². The molecule has 2 aromatic carbocycles. The molecule has 1 aliphatic carbocycles. The lowest BCUT2D eigenvalue weighted by Gasteiger charge is -2.16. The molecule has 1 aromatic heterocycles. The Hall–Kier alpha value is -2.87. The molecule has 0 amide bonds. The predicted octanol–water partition coefficient (Wildman–Crippen LogP) is 5.26. The summed E-state index contributed by atoms with van der Waals surface area (Å²) >= 11 is 0. The average Bonchev–Trinajstić information content (AvgIpc) is 3.32. The summed E-state index contributed by atoms with van der Waals surface area (Å²) in [5.74, 6) is 0.440. The van der Waals surface area contributed by atoms with Crippen molar-refractivity contribution in [3.8, 4) is 11.5 Å². The van der Waals surface area contributed by atoms with E-state index in [1.165, 1.54) is 12.1 Å². The second-order valence-corrected chi connectivity index (χ2v) is 6.90. The highest BCUT2D eigenvalue weighted by Crippen LogP contribution is 2.39. The lowest BCUT2D eigenvalue weighted by molar-refractivity contribution is -0.137. The van der Waals surface area contributed by atoms with E-state index >= 15 is 0 Å². The van der Waals surface area contributed by atoms with Crippen molar-refractivity contribution in [2.24, 2.45) is 0 Å². The Labute approximate surface area is 159 Å². The number of para-hydroxylation sites is 1. The van der Waals surface area contributed by atoms with Crippen LogP contribution in [-0.4, -0.2) is 15.3 Å². The van der Waals surface area contributed by atoms with Gasteiger partial charge < -0.3 is 14.8 Å². The lowest BCUT2D eigenvalue weighted by atomic mass is 10.0. The monoisotopic (exact) mass is 389 g/mol. The first kappa shape index (κ1) is 18.5. The van der Waals surface area contributed by atoms with Crippen molar-refractivity contribution < 1.29 is 22.7 Å². The number of nitrogens with one attached hydrogen (secondary N) is 1. The summed E-state index contributed by atoms with van der Waals surface area (Å²) in [5, 5.41) is 21.8. The molecule has 2 N–H and O–H groups in total. The SMILES string of the molecule is OC1(c2nnc(-c3ccccc3Nc3ccc(C(F)(F)F)cc3)o2)CCCC1. The van der Waals surface area contributed by atoms with Crippen LogP contribution in [0.15, 0.2) is 52.9 Å². The molecule has 4 rings (SSSR count). The molecule has 1 fully saturated rings. The Morgan fingerprint density at radius 2 is 1.64 bits per heavy atom. The Balaban J connectivity index is 1.60. The number of nitrogens with zero attached hydrogens (tertiary/aromatic N) is 2. The molecular weight excluding hydrogens is 371 g/mol. The highest BCUT2D eigenvalue weighted by molar-refractivity contribution is 5.76. The van der Waals surface area contributed by atoms with Crippen molar-refractivity contribution >= 4 is 11.4 Å². The molecule has 3 aromatic rings. The van der Waals surface area contributed by atoms with E-state index in [1.807, 2.05) is 0 Å². The van der Waals surface area contributed by atoms with Gasteiger partial charge in [-0.25, -0.2) is 0 Å². The van der Waals surface area contributed by atoms with Crippen molar-refractivity contribution in [2.75, 3.05) is 5.32 Å². The van der Waals surface area contributed by atoms with E-state index in [0.717, 1.165) is 25.0 Å². The fourth-order valence-electron chi connectivity index (χ4n) is 3.37. The van der Waals surface area contributed by atoms with Gasteiger partial charge in [-0.3, -0.25) is 0 Å². The van der Waals surface area contributed by atoms with Gasteiger partial charge in [0.05, 0.1) is 16.8 Å². The maximum Gasteiger partial charge on any atom is 0.416 e. The first-order chi connectivity index (χ1) is 13.4. The molecular formula is C20H18F3N3O2. The van der Waals surface area contributed by atoms with Gasteiger partial charge in [0.25, 0.3) is 0 Å². The van der Waals surface area contributed by atoms with Crippen LogP contribution in [0.1, 0.15) is 37.1 Å². The molecule has 0 atom stereocenters. The van der Waals surface area contributed by atoms with Crippen molar-refractivity contribution in [3.63, 3.8) is 0 Å². The van der Waals surface area contributed by atoms with Crippen molar-refractivity contribution in [1.29, 1.82) is 0 Å². The van der Waals surface area contributed by atoms with Gasteiger partial charge in [-0.05, 0) is 62.1 Å². The summed E-state index contributed by atoms with van der Waals surface area (Å²) in [5.41, 5.74) is -0.0907. The van der Waals surface area contributed by atoms with Crippen LogP contribution in [0.25, 0.3) is 11.5 Å². The summed E-state index contributed by atoms with van der Waals surface area (Å²) in [6.45, 7) is 0. The number of aromatic nitrogens is 2. The number of halogens is 3. The highest BCUT2D eigenvalue weighted by atomic mass is 19.4. The second kappa shape index (κ2) is 6.94. The molecule has 0 saturated heterocycles. The van der Waals surface area contributed by atoms with Crippen LogP contribution >= 0.6 is 0 Å². The Kier molecular flexibility index (Phi) is 4.58. The summed E-state index contributed by atoms with van der Waals surface area (Å²) < 4.78 is 43.9. The van der Waals surface area contributed by atoms with Gasteiger partial charge in [-0.15, -0.1) is 10.2 Å². The third-order valence-corrected chi connectivity index (χ3v) is 4.90. The largest absolute Gasteiger partial charge is 0.417 e. The molecule has 1 aliphatic rings. The predicted molar refractivity (Wildman–Crippen MR) is 96.8 cm³/mol. The van der Waals surface area contributed by atoms with Crippen LogP contribution in [-0.2, 0) is 11.8 Å². The number of hydrogen-bond acceptors (Lipinski definition) is 5. The molecule has 0 spiro atoms. The topological polar surface area (TPSA) is 71.2 Å². The van der Waals surface area contributed by atoms with Crippen LogP contribution in [0.5, 0.6) is 0 Å². The molecule has 28 heavy (non-hydrogen) atoms. The van der Waals surface area contributed by atoms with E-state index < -0.39 is 17.3 Å². The third kappa shape index (κ3) is 3.60. The average molecular weight is 389 g/mol. The summed E-state index contributed by atoms with van der Waals surface area (Å²) in [7, 11) is 0. The zero-order valence-electron chi connectivity index (χ0n) is 14.8. The minimum atomic E-state index is -4.38. The highest BCUT2D eigenvalue weighted by Gasteiger charge is 2.38. The lowest BCUT2D eigenvalue weighted by Crippen LogP contribution is -2.21. The fraction of sp³-hybridized carbons (Fsp3) is 0.300. The molecule has 8 heteroatoms. The van der Waals surface area contributed by atoms with Crippen LogP contribution in [0.3, 0.4) is 0 Å². The van der Waals surface area contributed by atoms with Crippen LogP contribution < -0.4 is 5.32 Å². The van der Waals surface area contributed by atoms with E-state index in [2.05, 4.69) is 15.5 Å². The zero-order valence-corrected chi connectivity index (χ0v) is 14.8. The van der Waals surface area contributed by atoms with Gasteiger partial charge in [-0.2, -0.15) is 13.2 Å².